The van der Waals surface area contributed by atoms with Crippen molar-refractivity contribution in [3.05, 3.63) is 23.8 Å². The molecule has 1 aliphatic heterocycles. The second kappa shape index (κ2) is 6.77. The van der Waals surface area contributed by atoms with Crippen LogP contribution in [0, 0.1) is 5.41 Å². The van der Waals surface area contributed by atoms with Crippen LogP contribution < -0.4 is 15.2 Å². The van der Waals surface area contributed by atoms with Gasteiger partial charge in [-0.1, -0.05) is 0 Å². The summed E-state index contributed by atoms with van der Waals surface area (Å²) in [6, 6.07) is 4.55. The zero-order valence-corrected chi connectivity index (χ0v) is 13.6. The first-order chi connectivity index (χ1) is 11.3. The number of nitrogens with two attached hydrogens (primary N) is 1. The van der Waals surface area contributed by atoms with Crippen molar-refractivity contribution in [3.8, 4) is 11.5 Å². The van der Waals surface area contributed by atoms with E-state index >= 15 is 0 Å². The van der Waals surface area contributed by atoms with Crippen LogP contribution in [0.4, 0.5) is 0 Å². The number of primary amides is 1. The van der Waals surface area contributed by atoms with Crippen molar-refractivity contribution < 1.29 is 29.0 Å². The predicted octanol–water partition coefficient (Wildman–Crippen LogP) is 0.496. The third-order valence-corrected chi connectivity index (χ3v) is 4.06. The average molecular weight is 336 g/mol. The smallest absolute Gasteiger partial charge is 0.311 e. The van der Waals surface area contributed by atoms with Gasteiger partial charge in [-0.05, 0) is 31.5 Å². The fraction of sp³-hybridized carbons (Fsp3) is 0.438. The molecule has 2 rings (SSSR count). The van der Waals surface area contributed by atoms with Gasteiger partial charge in [-0.25, -0.2) is 0 Å². The minimum absolute atomic E-state index is 0.156. The van der Waals surface area contributed by atoms with Crippen molar-refractivity contribution in [3.63, 3.8) is 0 Å². The van der Waals surface area contributed by atoms with Gasteiger partial charge >= 0.3 is 5.97 Å². The second-order valence-corrected chi connectivity index (χ2v) is 5.96. The molecule has 0 saturated carbocycles. The topological polar surface area (TPSA) is 119 Å². The van der Waals surface area contributed by atoms with Crippen LogP contribution in [0.2, 0.25) is 0 Å². The summed E-state index contributed by atoms with van der Waals surface area (Å²) < 4.78 is 10.4. The van der Waals surface area contributed by atoms with Crippen molar-refractivity contribution in [2.75, 3.05) is 26.8 Å². The fourth-order valence-electron chi connectivity index (χ4n) is 2.56. The zero-order valence-electron chi connectivity index (χ0n) is 13.6. The van der Waals surface area contributed by atoms with Gasteiger partial charge in [0.2, 0.25) is 0 Å². The number of carboxylic acids is 1. The largest absolute Gasteiger partial charge is 0.493 e. The van der Waals surface area contributed by atoms with E-state index in [4.69, 9.17) is 15.2 Å². The molecule has 1 saturated heterocycles. The van der Waals surface area contributed by atoms with Crippen LogP contribution in [-0.2, 0) is 9.59 Å². The molecule has 8 heteroatoms. The molecule has 0 radical (unpaired) electrons. The Morgan fingerprint density at radius 2 is 2.04 bits per heavy atom. The molecule has 8 nitrogen and oxygen atoms in total. The predicted molar refractivity (Wildman–Crippen MR) is 83.9 cm³/mol. The molecule has 1 fully saturated rings. The summed E-state index contributed by atoms with van der Waals surface area (Å²) in [4.78, 5) is 36.1. The lowest BCUT2D eigenvalue weighted by Crippen LogP contribution is -2.34. The molecule has 0 spiro atoms. The lowest BCUT2D eigenvalue weighted by atomic mass is 9.90. The molecule has 0 unspecified atom stereocenters. The van der Waals surface area contributed by atoms with Crippen LogP contribution >= 0.6 is 0 Å². The van der Waals surface area contributed by atoms with Gasteiger partial charge in [0, 0.05) is 18.7 Å². The van der Waals surface area contributed by atoms with Gasteiger partial charge in [-0.3, -0.25) is 14.4 Å². The summed E-state index contributed by atoms with van der Waals surface area (Å²) in [6.07, 6.45) is 0.408. The van der Waals surface area contributed by atoms with Gasteiger partial charge in [0.05, 0.1) is 12.5 Å². The highest BCUT2D eigenvalue weighted by molar-refractivity contribution is 5.95. The Hall–Kier alpha value is -2.77. The van der Waals surface area contributed by atoms with E-state index in [2.05, 4.69) is 0 Å². The molecule has 1 atom stereocenters. The van der Waals surface area contributed by atoms with E-state index in [0.717, 1.165) is 0 Å². The number of aliphatic carboxylic acids is 1. The molecule has 0 bridgehead atoms. The Balaban J connectivity index is 2.16. The summed E-state index contributed by atoms with van der Waals surface area (Å²) in [5.41, 5.74) is 4.46. The van der Waals surface area contributed by atoms with Gasteiger partial charge in [0.25, 0.3) is 11.8 Å². The molecule has 0 aromatic heterocycles. The molecule has 2 amide bonds. The van der Waals surface area contributed by atoms with Crippen molar-refractivity contribution in [2.24, 2.45) is 11.1 Å². The van der Waals surface area contributed by atoms with E-state index in [9.17, 15) is 19.5 Å². The van der Waals surface area contributed by atoms with Crippen molar-refractivity contribution >= 4 is 17.8 Å². The van der Waals surface area contributed by atoms with Crippen LogP contribution in [0.3, 0.4) is 0 Å². The molecular formula is C16H20N2O6. The molecule has 1 aliphatic rings. The minimum atomic E-state index is -0.926. The molecule has 1 aromatic carbocycles. The van der Waals surface area contributed by atoms with Crippen LogP contribution in [-0.4, -0.2) is 54.6 Å². The Labute approximate surface area is 139 Å². The number of methoxy groups -OCH3 is 1. The van der Waals surface area contributed by atoms with Crippen LogP contribution in [0.15, 0.2) is 18.2 Å². The number of amides is 2. The van der Waals surface area contributed by atoms with Crippen molar-refractivity contribution in [2.45, 2.75) is 13.3 Å². The fourth-order valence-corrected chi connectivity index (χ4v) is 2.56. The van der Waals surface area contributed by atoms with Gasteiger partial charge in [-0.15, -0.1) is 0 Å². The highest BCUT2D eigenvalue weighted by Gasteiger charge is 2.42. The first-order valence-electron chi connectivity index (χ1n) is 7.38. The zero-order chi connectivity index (χ0) is 17.9. The molecule has 130 valence electrons. The number of likely N-dealkylation sites (tertiary alicyclic amines) is 1. The Bertz CT molecular complexity index is 675. The number of nitrogens with zero attached hydrogens (tertiary/aromatic N) is 1. The number of benzene rings is 1. The first kappa shape index (κ1) is 17.6. The quantitative estimate of drug-likeness (QED) is 0.780. The minimum Gasteiger partial charge on any atom is -0.493 e. The standard InChI is InChI=1S/C16H20N2O6/c1-16(15(21)22)5-6-18(9-16)14(20)10-3-4-11(12(7-10)23-2)24-8-13(17)19/h3-4,7H,5-6,8-9H2,1-2H3,(H2,17,19)(H,21,22)/t16-/m0/s1. The van der Waals surface area contributed by atoms with Crippen LogP contribution in [0.5, 0.6) is 11.5 Å². The number of carboxylic acid groups (broad SMARTS) is 1. The Kier molecular flexibility index (Phi) is 4.96. The van der Waals surface area contributed by atoms with Gasteiger partial charge in [0.15, 0.2) is 18.1 Å². The lowest BCUT2D eigenvalue weighted by molar-refractivity contribution is -0.147. The number of carbonyl (C=O) groups excluding carboxylic acids is 2. The highest BCUT2D eigenvalue weighted by Crippen LogP contribution is 2.33. The summed E-state index contributed by atoms with van der Waals surface area (Å²) in [7, 11) is 1.41. The van der Waals surface area contributed by atoms with E-state index in [1.807, 2.05) is 0 Å². The molecule has 0 aliphatic carbocycles. The Morgan fingerprint density at radius 3 is 2.58 bits per heavy atom. The average Bonchev–Trinajstić information content (AvgIpc) is 2.96. The van der Waals surface area contributed by atoms with Gasteiger partial charge in [0.1, 0.15) is 0 Å². The number of ether oxygens (including phenoxy) is 2. The van der Waals surface area contributed by atoms with E-state index < -0.39 is 17.3 Å². The second-order valence-electron chi connectivity index (χ2n) is 5.96. The number of hydrogen-bond donors (Lipinski definition) is 2. The number of hydrogen-bond acceptors (Lipinski definition) is 5. The van der Waals surface area contributed by atoms with E-state index in [-0.39, 0.29) is 19.1 Å². The van der Waals surface area contributed by atoms with Crippen LogP contribution in [0.1, 0.15) is 23.7 Å². The Morgan fingerprint density at radius 1 is 1.33 bits per heavy atom. The van der Waals surface area contributed by atoms with Crippen molar-refractivity contribution in [1.82, 2.24) is 4.90 Å². The molecule has 1 heterocycles. The van der Waals surface area contributed by atoms with E-state index in [0.29, 0.717) is 30.0 Å². The normalized spacial score (nSPS) is 19.8. The number of rotatable bonds is 6. The third-order valence-electron chi connectivity index (χ3n) is 4.06. The SMILES string of the molecule is COc1cc(C(=O)N2CC[C@](C)(C(=O)O)C2)ccc1OCC(N)=O. The monoisotopic (exact) mass is 336 g/mol. The van der Waals surface area contributed by atoms with E-state index in [1.54, 1.807) is 6.92 Å². The lowest BCUT2D eigenvalue weighted by Gasteiger charge is -2.20. The maximum atomic E-state index is 12.6. The van der Waals surface area contributed by atoms with Crippen molar-refractivity contribution in [1.29, 1.82) is 0 Å². The summed E-state index contributed by atoms with van der Waals surface area (Å²) in [6.45, 7) is 1.87. The molecule has 3 N–H and O–H groups in total. The summed E-state index contributed by atoms with van der Waals surface area (Å²) in [5, 5.41) is 9.25. The third kappa shape index (κ3) is 3.58. The first-order valence-corrected chi connectivity index (χ1v) is 7.38. The highest BCUT2D eigenvalue weighted by atomic mass is 16.5. The van der Waals surface area contributed by atoms with Gasteiger partial charge in [-0.2, -0.15) is 0 Å². The van der Waals surface area contributed by atoms with Gasteiger partial charge < -0.3 is 25.2 Å². The molecular weight excluding hydrogens is 316 g/mol. The van der Waals surface area contributed by atoms with Crippen LogP contribution in [0.25, 0.3) is 0 Å². The maximum absolute atomic E-state index is 12.6. The van der Waals surface area contributed by atoms with E-state index in [1.165, 1.54) is 30.2 Å². The maximum Gasteiger partial charge on any atom is 0.311 e. The summed E-state index contributed by atoms with van der Waals surface area (Å²) >= 11 is 0. The molecule has 24 heavy (non-hydrogen) atoms. The summed E-state index contributed by atoms with van der Waals surface area (Å²) in [5.74, 6) is -1.22. The molecule has 1 aromatic rings. The number of carbonyl (C=O) groups is 3.